The van der Waals surface area contributed by atoms with Crippen molar-refractivity contribution in [1.82, 2.24) is 5.01 Å². The molecule has 58 valence electrons. The van der Waals surface area contributed by atoms with Gasteiger partial charge in [0.25, 0.3) is 0 Å². The van der Waals surface area contributed by atoms with Gasteiger partial charge in [0.1, 0.15) is 0 Å². The van der Waals surface area contributed by atoms with Gasteiger partial charge in [-0.3, -0.25) is 0 Å². The van der Waals surface area contributed by atoms with Crippen molar-refractivity contribution in [3.05, 3.63) is 17.2 Å². The summed E-state index contributed by atoms with van der Waals surface area (Å²) in [4.78, 5) is 0. The smallest absolute Gasteiger partial charge is 0.624 e. The van der Waals surface area contributed by atoms with Gasteiger partial charge in [-0.2, -0.15) is 5.70 Å². The molecule has 11 heavy (non-hydrogen) atoms. The van der Waals surface area contributed by atoms with Crippen molar-refractivity contribution in [2.45, 2.75) is 19.8 Å². The zero-order valence-electron chi connectivity index (χ0n) is 7.96. The molecule has 0 heterocycles. The van der Waals surface area contributed by atoms with Crippen molar-refractivity contribution in [2.75, 3.05) is 14.1 Å². The van der Waals surface area contributed by atoms with E-state index in [0.717, 1.165) is 0 Å². The van der Waals surface area contributed by atoms with E-state index in [2.05, 4.69) is 18.4 Å². The topological polar surface area (TPSA) is 17.3 Å². The van der Waals surface area contributed by atoms with E-state index in [0.29, 0.717) is 5.92 Å². The minimum atomic E-state index is 0. The molecule has 1 atom stereocenters. The second-order valence-electron chi connectivity index (χ2n) is 3.05. The second-order valence-corrected chi connectivity index (χ2v) is 3.05. The molecule has 0 aromatic rings. The predicted octanol–water partition coefficient (Wildman–Crippen LogP) is -0.845. The molecular formula is C8H15LiN2. The third-order valence-electron chi connectivity index (χ3n) is 1.77. The summed E-state index contributed by atoms with van der Waals surface area (Å²) in [5, 5.41) is 1.87. The fourth-order valence-corrected chi connectivity index (χ4v) is 1.20. The van der Waals surface area contributed by atoms with Crippen molar-refractivity contribution in [3.8, 4) is 0 Å². The van der Waals surface area contributed by atoms with E-state index >= 15 is 0 Å². The molecule has 0 aliphatic heterocycles. The largest absolute Gasteiger partial charge is 1.00 e. The van der Waals surface area contributed by atoms with Gasteiger partial charge in [0.15, 0.2) is 0 Å². The van der Waals surface area contributed by atoms with Crippen LogP contribution in [0.4, 0.5) is 0 Å². The van der Waals surface area contributed by atoms with Crippen LogP contribution in [0.3, 0.4) is 0 Å². The molecule has 0 bridgehead atoms. The summed E-state index contributed by atoms with van der Waals surface area (Å²) in [5.41, 5.74) is 5.61. The van der Waals surface area contributed by atoms with Crippen LogP contribution in [0.15, 0.2) is 11.8 Å². The Balaban J connectivity index is 0.000001000. The van der Waals surface area contributed by atoms with Crippen LogP contribution in [0.1, 0.15) is 19.8 Å². The van der Waals surface area contributed by atoms with Crippen LogP contribution in [0.25, 0.3) is 5.43 Å². The van der Waals surface area contributed by atoms with Crippen molar-refractivity contribution >= 4 is 0 Å². The molecule has 0 aromatic carbocycles. The quantitative estimate of drug-likeness (QED) is 0.366. The van der Waals surface area contributed by atoms with Gasteiger partial charge in [-0.25, -0.2) is 0 Å². The van der Waals surface area contributed by atoms with Gasteiger partial charge in [0, 0.05) is 0 Å². The maximum atomic E-state index is 4.35. The molecule has 0 saturated heterocycles. The van der Waals surface area contributed by atoms with Crippen LogP contribution < -0.4 is 18.9 Å². The van der Waals surface area contributed by atoms with E-state index in [4.69, 9.17) is 0 Å². The Labute approximate surface area is 81.2 Å². The zero-order valence-corrected chi connectivity index (χ0v) is 7.96. The van der Waals surface area contributed by atoms with Gasteiger partial charge in [-0.05, 0) is 32.9 Å². The van der Waals surface area contributed by atoms with Crippen molar-refractivity contribution in [2.24, 2.45) is 5.92 Å². The number of nitrogens with zero attached hydrogens (tertiary/aromatic N) is 2. The number of allylic oxidation sites excluding steroid dienone is 2. The maximum Gasteiger partial charge on any atom is 1.00 e. The first kappa shape index (κ1) is 11.1. The molecule has 1 aliphatic rings. The Hall–Kier alpha value is 0.0974. The molecule has 1 rings (SSSR count). The third kappa shape index (κ3) is 3.33. The van der Waals surface area contributed by atoms with E-state index in [1.54, 1.807) is 0 Å². The number of rotatable bonds is 2. The van der Waals surface area contributed by atoms with E-state index in [9.17, 15) is 0 Å². The van der Waals surface area contributed by atoms with Crippen LogP contribution in [-0.4, -0.2) is 19.1 Å². The van der Waals surface area contributed by atoms with Crippen LogP contribution in [0.2, 0.25) is 0 Å². The second kappa shape index (κ2) is 4.87. The van der Waals surface area contributed by atoms with Crippen LogP contribution >= 0.6 is 0 Å². The molecule has 1 aliphatic carbocycles. The fourth-order valence-electron chi connectivity index (χ4n) is 1.20. The maximum absolute atomic E-state index is 4.35. The minimum absolute atomic E-state index is 0. The Kier molecular flexibility index (Phi) is 4.91. The van der Waals surface area contributed by atoms with Gasteiger partial charge in [-0.1, -0.05) is 6.92 Å². The Bertz CT molecular complexity index is 143. The molecule has 2 nitrogen and oxygen atoms in total. The van der Waals surface area contributed by atoms with Gasteiger partial charge in [-0.15, -0.1) is 6.08 Å². The van der Waals surface area contributed by atoms with Gasteiger partial charge in [0.05, 0.1) is 0 Å². The summed E-state index contributed by atoms with van der Waals surface area (Å²) in [6, 6.07) is 0. The first-order valence-corrected chi connectivity index (χ1v) is 3.79. The normalized spacial score (nSPS) is 22.9. The summed E-state index contributed by atoms with van der Waals surface area (Å²) in [6.07, 6.45) is 4.70. The SMILES string of the molecule is CC1CCC=C1[N-]N(C)C.[Li+]. The van der Waals surface area contributed by atoms with Crippen molar-refractivity contribution in [3.63, 3.8) is 0 Å². The minimum Gasteiger partial charge on any atom is -0.624 e. The van der Waals surface area contributed by atoms with E-state index < -0.39 is 0 Å². The standard InChI is InChI=1S/C8H15N2.Li/c1-7-5-4-6-8(7)9-10(2)3;/h6-7H,4-5H2,1-3H3;/q-1;+1. The molecule has 0 amide bonds. The summed E-state index contributed by atoms with van der Waals surface area (Å²) in [6.45, 7) is 2.23. The van der Waals surface area contributed by atoms with Gasteiger partial charge < -0.3 is 10.4 Å². The number of hydrogen-bond donors (Lipinski definition) is 0. The molecule has 0 radical (unpaired) electrons. The fraction of sp³-hybridized carbons (Fsp3) is 0.750. The van der Waals surface area contributed by atoms with E-state index in [-0.39, 0.29) is 18.9 Å². The van der Waals surface area contributed by atoms with Crippen molar-refractivity contribution in [1.29, 1.82) is 0 Å². The first-order valence-electron chi connectivity index (χ1n) is 3.79. The average molecular weight is 146 g/mol. The number of hydrogen-bond acceptors (Lipinski definition) is 1. The van der Waals surface area contributed by atoms with Crippen LogP contribution in [0.5, 0.6) is 0 Å². The predicted molar refractivity (Wildman–Crippen MR) is 43.5 cm³/mol. The van der Waals surface area contributed by atoms with Crippen LogP contribution in [0, 0.1) is 5.92 Å². The molecule has 1 unspecified atom stereocenters. The van der Waals surface area contributed by atoms with E-state index in [1.165, 1.54) is 18.5 Å². The van der Waals surface area contributed by atoms with Gasteiger partial charge >= 0.3 is 18.9 Å². The van der Waals surface area contributed by atoms with Gasteiger partial charge in [0.2, 0.25) is 0 Å². The van der Waals surface area contributed by atoms with Crippen molar-refractivity contribution < 1.29 is 18.9 Å². The average Bonchev–Trinajstić information content (AvgIpc) is 2.15. The molecule has 0 fully saturated rings. The van der Waals surface area contributed by atoms with Crippen LogP contribution in [-0.2, 0) is 0 Å². The summed E-state index contributed by atoms with van der Waals surface area (Å²) >= 11 is 0. The van der Waals surface area contributed by atoms with E-state index in [1.807, 2.05) is 19.1 Å². The zero-order chi connectivity index (χ0) is 7.56. The monoisotopic (exact) mass is 146 g/mol. The Morgan fingerprint density at radius 3 is 2.55 bits per heavy atom. The summed E-state index contributed by atoms with van der Waals surface area (Å²) < 4.78 is 0. The third-order valence-corrected chi connectivity index (χ3v) is 1.77. The Morgan fingerprint density at radius 1 is 1.55 bits per heavy atom. The first-order chi connectivity index (χ1) is 4.70. The summed E-state index contributed by atoms with van der Waals surface area (Å²) in [7, 11) is 3.93. The Morgan fingerprint density at radius 2 is 2.18 bits per heavy atom. The molecular weight excluding hydrogens is 131 g/mol. The summed E-state index contributed by atoms with van der Waals surface area (Å²) in [5.74, 6) is 0.669. The molecule has 3 heteroatoms. The molecule has 0 aromatic heterocycles. The molecule has 0 N–H and O–H groups in total. The molecule has 0 saturated carbocycles. The molecule has 0 spiro atoms.